The molecule has 1 aliphatic rings. The largest absolute Gasteiger partial charge is 0.457 e. The summed E-state index contributed by atoms with van der Waals surface area (Å²) in [4.78, 5) is 19.7. The second-order valence-electron chi connectivity index (χ2n) is 8.40. The number of carbonyl (C=O) groups is 1. The van der Waals surface area contributed by atoms with E-state index in [-0.39, 0.29) is 12.3 Å². The Morgan fingerprint density at radius 1 is 0.971 bits per heavy atom. The highest BCUT2D eigenvalue weighted by atomic mass is 32.1. The lowest BCUT2D eigenvalue weighted by molar-refractivity contribution is -0.115. The number of ether oxygens (including phenoxy) is 2. The molecule has 4 aromatic rings. The van der Waals surface area contributed by atoms with Crippen molar-refractivity contribution in [1.82, 2.24) is 9.88 Å². The Hall–Kier alpha value is -3.52. The molecule has 0 radical (unpaired) electrons. The molecule has 5 rings (SSSR count). The molecule has 35 heavy (non-hydrogen) atoms. The predicted octanol–water partition coefficient (Wildman–Crippen LogP) is 5.62. The summed E-state index contributed by atoms with van der Waals surface area (Å²) in [6.07, 6.45) is 0.228. The van der Waals surface area contributed by atoms with Gasteiger partial charge in [0.1, 0.15) is 16.5 Å². The third kappa shape index (κ3) is 6.54. The van der Waals surface area contributed by atoms with Gasteiger partial charge in [-0.25, -0.2) is 4.98 Å². The highest BCUT2D eigenvalue weighted by Gasteiger charge is 2.13. The van der Waals surface area contributed by atoms with Crippen LogP contribution in [0.15, 0.2) is 84.2 Å². The minimum atomic E-state index is -0.0976. The molecule has 2 heterocycles. The number of nitrogens with one attached hydrogen (secondary N) is 1. The number of para-hydroxylation sites is 1. The second-order valence-corrected chi connectivity index (χ2v) is 9.26. The number of aromatic nitrogens is 1. The first-order valence-electron chi connectivity index (χ1n) is 11.7. The van der Waals surface area contributed by atoms with Crippen molar-refractivity contribution < 1.29 is 14.3 Å². The molecule has 1 aromatic heterocycles. The number of benzene rings is 3. The van der Waals surface area contributed by atoms with Gasteiger partial charge in [-0.05, 0) is 48.0 Å². The molecule has 1 fully saturated rings. The van der Waals surface area contributed by atoms with E-state index < -0.39 is 0 Å². The number of nitrogens with zero attached hydrogens (tertiary/aromatic N) is 2. The molecular formula is C28H27N3O3S. The van der Waals surface area contributed by atoms with Gasteiger partial charge in [0.05, 0.1) is 25.3 Å². The van der Waals surface area contributed by atoms with Gasteiger partial charge in [-0.3, -0.25) is 9.69 Å². The van der Waals surface area contributed by atoms with Crippen molar-refractivity contribution in [3.8, 4) is 22.1 Å². The monoisotopic (exact) mass is 485 g/mol. The smallest absolute Gasteiger partial charge is 0.230 e. The summed E-state index contributed by atoms with van der Waals surface area (Å²) in [6.45, 7) is 4.42. The molecule has 7 heteroatoms. The van der Waals surface area contributed by atoms with E-state index in [1.165, 1.54) is 5.56 Å². The van der Waals surface area contributed by atoms with E-state index in [9.17, 15) is 4.79 Å². The van der Waals surface area contributed by atoms with E-state index in [2.05, 4.69) is 34.5 Å². The lowest BCUT2D eigenvalue weighted by atomic mass is 10.1. The van der Waals surface area contributed by atoms with Crippen molar-refractivity contribution in [2.24, 2.45) is 0 Å². The van der Waals surface area contributed by atoms with Crippen molar-refractivity contribution in [3.63, 3.8) is 0 Å². The van der Waals surface area contributed by atoms with Crippen molar-refractivity contribution >= 4 is 22.9 Å². The van der Waals surface area contributed by atoms with Crippen LogP contribution in [-0.2, 0) is 22.5 Å². The highest BCUT2D eigenvalue weighted by molar-refractivity contribution is 7.13. The lowest BCUT2D eigenvalue weighted by Gasteiger charge is -2.26. The van der Waals surface area contributed by atoms with Crippen LogP contribution in [0.1, 0.15) is 11.3 Å². The third-order valence-electron chi connectivity index (χ3n) is 5.69. The summed E-state index contributed by atoms with van der Waals surface area (Å²) in [5.41, 5.74) is 3.84. The zero-order valence-electron chi connectivity index (χ0n) is 19.4. The lowest BCUT2D eigenvalue weighted by Crippen LogP contribution is -2.35. The molecule has 6 nitrogen and oxygen atoms in total. The van der Waals surface area contributed by atoms with Crippen LogP contribution in [0.2, 0.25) is 0 Å². The topological polar surface area (TPSA) is 63.7 Å². The van der Waals surface area contributed by atoms with E-state index in [1.807, 2.05) is 60.0 Å². The van der Waals surface area contributed by atoms with Crippen LogP contribution >= 0.6 is 11.3 Å². The number of hydrogen-bond donors (Lipinski definition) is 1. The maximum absolute atomic E-state index is 12.6. The maximum atomic E-state index is 12.6. The van der Waals surface area contributed by atoms with Gasteiger partial charge in [0.2, 0.25) is 5.91 Å². The molecule has 0 saturated carbocycles. The highest BCUT2D eigenvalue weighted by Crippen LogP contribution is 2.26. The number of anilines is 1. The summed E-state index contributed by atoms with van der Waals surface area (Å²) < 4.78 is 11.2. The van der Waals surface area contributed by atoms with Crippen LogP contribution in [-0.4, -0.2) is 42.1 Å². The van der Waals surface area contributed by atoms with Crippen molar-refractivity contribution in [2.75, 3.05) is 31.6 Å². The van der Waals surface area contributed by atoms with Gasteiger partial charge >= 0.3 is 0 Å². The van der Waals surface area contributed by atoms with Crippen LogP contribution in [0, 0.1) is 0 Å². The Kier molecular flexibility index (Phi) is 7.48. The first kappa shape index (κ1) is 23.2. The van der Waals surface area contributed by atoms with Crippen molar-refractivity contribution in [3.05, 3.63) is 95.5 Å². The third-order valence-corrected chi connectivity index (χ3v) is 6.63. The Morgan fingerprint density at radius 2 is 1.74 bits per heavy atom. The minimum absolute atomic E-state index is 0.0976. The molecule has 0 atom stereocenters. The van der Waals surface area contributed by atoms with E-state index in [4.69, 9.17) is 14.5 Å². The molecule has 1 amide bonds. The number of rotatable bonds is 8. The number of amides is 1. The molecule has 0 aliphatic carbocycles. The normalized spacial score (nSPS) is 13.9. The van der Waals surface area contributed by atoms with E-state index in [0.717, 1.165) is 60.5 Å². The molecular weight excluding hydrogens is 458 g/mol. The molecule has 3 aromatic carbocycles. The quantitative estimate of drug-likeness (QED) is 0.351. The zero-order valence-corrected chi connectivity index (χ0v) is 20.2. The summed E-state index contributed by atoms with van der Waals surface area (Å²) in [5.74, 6) is 1.39. The molecule has 0 unspecified atom stereocenters. The summed E-state index contributed by atoms with van der Waals surface area (Å²) >= 11 is 1.57. The van der Waals surface area contributed by atoms with Crippen LogP contribution < -0.4 is 10.1 Å². The summed E-state index contributed by atoms with van der Waals surface area (Å²) in [7, 11) is 0. The summed E-state index contributed by atoms with van der Waals surface area (Å²) in [5, 5.41) is 5.83. The molecule has 0 spiro atoms. The number of carbonyl (C=O) groups excluding carboxylic acids is 1. The standard InChI is InChI=1S/C28H27N3O3S/c32-27(29-23-9-11-26(12-10-23)34-25-7-2-1-3-8-25)18-24-20-35-28(30-24)22-6-4-5-21(17-22)19-31-13-15-33-16-14-31/h1-12,17,20H,13-16,18-19H2,(H,29,32). The molecule has 178 valence electrons. The predicted molar refractivity (Wildman–Crippen MR) is 139 cm³/mol. The second kappa shape index (κ2) is 11.3. The number of hydrogen-bond acceptors (Lipinski definition) is 6. The van der Waals surface area contributed by atoms with Gasteiger partial charge in [-0.1, -0.05) is 36.4 Å². The Labute approximate surface area is 209 Å². The van der Waals surface area contributed by atoms with Crippen LogP contribution in [0.4, 0.5) is 5.69 Å². The molecule has 1 N–H and O–H groups in total. The zero-order chi connectivity index (χ0) is 23.9. The molecule has 1 aliphatic heterocycles. The van der Waals surface area contributed by atoms with Gasteiger partial charge in [-0.15, -0.1) is 11.3 Å². The van der Waals surface area contributed by atoms with Crippen LogP contribution in [0.25, 0.3) is 10.6 Å². The van der Waals surface area contributed by atoms with E-state index in [0.29, 0.717) is 5.75 Å². The van der Waals surface area contributed by atoms with Crippen LogP contribution in [0.3, 0.4) is 0 Å². The SMILES string of the molecule is O=C(Cc1csc(-c2cccc(CN3CCOCC3)c2)n1)Nc1ccc(Oc2ccccc2)cc1. The molecule has 1 saturated heterocycles. The van der Waals surface area contributed by atoms with Gasteiger partial charge in [0, 0.05) is 36.3 Å². The van der Waals surface area contributed by atoms with Crippen molar-refractivity contribution in [2.45, 2.75) is 13.0 Å². The van der Waals surface area contributed by atoms with Gasteiger partial charge in [0.25, 0.3) is 0 Å². The average molecular weight is 486 g/mol. The Balaban J connectivity index is 1.16. The Morgan fingerprint density at radius 3 is 2.54 bits per heavy atom. The van der Waals surface area contributed by atoms with Gasteiger partial charge in [0.15, 0.2) is 0 Å². The number of morpholine rings is 1. The van der Waals surface area contributed by atoms with Gasteiger partial charge in [-0.2, -0.15) is 0 Å². The fourth-order valence-electron chi connectivity index (χ4n) is 3.94. The van der Waals surface area contributed by atoms with E-state index >= 15 is 0 Å². The maximum Gasteiger partial charge on any atom is 0.230 e. The summed E-state index contributed by atoms with van der Waals surface area (Å²) in [6, 6.07) is 25.4. The average Bonchev–Trinajstić information content (AvgIpc) is 3.35. The van der Waals surface area contributed by atoms with Gasteiger partial charge < -0.3 is 14.8 Å². The first-order chi connectivity index (χ1) is 17.2. The fraction of sp³-hybridized carbons (Fsp3) is 0.214. The van der Waals surface area contributed by atoms with Crippen molar-refractivity contribution in [1.29, 1.82) is 0 Å². The first-order valence-corrected chi connectivity index (χ1v) is 12.6. The van der Waals surface area contributed by atoms with Crippen LogP contribution in [0.5, 0.6) is 11.5 Å². The Bertz CT molecular complexity index is 1250. The minimum Gasteiger partial charge on any atom is -0.457 e. The number of thiazole rings is 1. The molecule has 0 bridgehead atoms. The fourth-order valence-corrected chi connectivity index (χ4v) is 4.76. The van der Waals surface area contributed by atoms with E-state index in [1.54, 1.807) is 11.3 Å².